The summed E-state index contributed by atoms with van der Waals surface area (Å²) in [5, 5.41) is 13.7. The lowest BCUT2D eigenvalue weighted by Gasteiger charge is -2.12. The van der Waals surface area contributed by atoms with Crippen molar-refractivity contribution in [2.24, 2.45) is 0 Å². The van der Waals surface area contributed by atoms with Crippen LogP contribution in [0.3, 0.4) is 0 Å². The van der Waals surface area contributed by atoms with Gasteiger partial charge in [-0.25, -0.2) is 9.97 Å². The lowest BCUT2D eigenvalue weighted by atomic mass is 10.00. The molecule has 0 N–H and O–H groups in total. The first kappa shape index (κ1) is 31.0. The molecule has 0 atom stereocenters. The van der Waals surface area contributed by atoms with E-state index in [9.17, 15) is 0 Å². The van der Waals surface area contributed by atoms with Gasteiger partial charge in [-0.15, -0.1) is 22.7 Å². The molecule has 0 radical (unpaired) electrons. The second-order valence-electron chi connectivity index (χ2n) is 15.3. The Morgan fingerprint density at radius 2 is 1.07 bits per heavy atom. The van der Waals surface area contributed by atoms with E-state index in [1.807, 2.05) is 40.9 Å². The van der Waals surface area contributed by atoms with Crippen LogP contribution in [0.2, 0.25) is 0 Å². The van der Waals surface area contributed by atoms with Crippen molar-refractivity contribution < 1.29 is 4.42 Å². The average molecular weight is 774 g/mol. The molecule has 0 aliphatic heterocycles. The Hall–Kier alpha value is -7.12. The molecular weight excluding hydrogens is 747 g/mol. The quantitative estimate of drug-likeness (QED) is 0.180. The third-order valence-corrected chi connectivity index (χ3v) is 14.4. The molecule has 268 valence electrons. The van der Waals surface area contributed by atoms with Gasteiger partial charge in [0.05, 0.1) is 11.0 Å². The van der Waals surface area contributed by atoms with Crippen LogP contribution in [0.1, 0.15) is 0 Å². The molecule has 14 rings (SSSR count). The molecule has 5 heterocycles. The number of furan rings is 1. The number of thiophene rings is 1. The standard InChI is InChI=1S/C52H27N3OS2/c1-3-11-40-36(10-1)50-51(56-40)49(32-20-24-42-37(27-32)35-9-2-4-12-41(35)57-42)53-52(54-50)33-16-15-31-26-34(21-17-30(31)25-33)55-38-22-18-28-7-5-13-43-45(28)47(38)48-39(55)23-19-29-8-6-14-44(58-43)46(29)48/h1-27H. The molecule has 0 saturated heterocycles. The van der Waals surface area contributed by atoms with Crippen LogP contribution in [-0.4, -0.2) is 14.5 Å². The number of fused-ring (bicyclic) bond motifs is 7. The van der Waals surface area contributed by atoms with Crippen LogP contribution in [0.15, 0.2) is 168 Å². The largest absolute Gasteiger partial charge is 0.452 e. The molecule has 14 aromatic rings. The summed E-state index contributed by atoms with van der Waals surface area (Å²) in [6, 6.07) is 59.4. The predicted octanol–water partition coefficient (Wildman–Crippen LogP) is 15.3. The molecule has 0 aliphatic rings. The SMILES string of the molecule is c1ccc2c(c1)oc1c(-c3ccc4sc5ccccc5c4c3)nc(-c3ccc4cc(-n5c6ccc7cccc8sc9cccc%10ccc5c(c%109)c6c78)ccc4c3)nc12. The normalized spacial score (nSPS) is 12.5. The Kier molecular flexibility index (Phi) is 6.02. The fourth-order valence-corrected chi connectivity index (χ4v) is 11.8. The molecule has 0 bridgehead atoms. The molecule has 5 aromatic heterocycles. The minimum absolute atomic E-state index is 0.676. The van der Waals surface area contributed by atoms with Gasteiger partial charge < -0.3 is 8.98 Å². The van der Waals surface area contributed by atoms with E-state index >= 15 is 0 Å². The Morgan fingerprint density at radius 1 is 0.431 bits per heavy atom. The van der Waals surface area contributed by atoms with E-state index in [1.165, 1.54) is 72.9 Å². The van der Waals surface area contributed by atoms with Gasteiger partial charge in [-0.2, -0.15) is 0 Å². The van der Waals surface area contributed by atoms with Crippen LogP contribution >= 0.6 is 22.7 Å². The number of rotatable bonds is 3. The topological polar surface area (TPSA) is 43.9 Å². The molecule has 0 unspecified atom stereocenters. The second kappa shape index (κ2) is 11.3. The summed E-state index contributed by atoms with van der Waals surface area (Å²) in [6.07, 6.45) is 0. The smallest absolute Gasteiger partial charge is 0.180 e. The van der Waals surface area contributed by atoms with Crippen LogP contribution in [-0.2, 0) is 0 Å². The first-order valence-electron chi connectivity index (χ1n) is 19.5. The van der Waals surface area contributed by atoms with Gasteiger partial charge in [-0.05, 0) is 94.3 Å². The summed E-state index contributed by atoms with van der Waals surface area (Å²) in [4.78, 5) is 10.5. The van der Waals surface area contributed by atoms with Crippen LogP contribution in [0.5, 0.6) is 0 Å². The highest BCUT2D eigenvalue weighted by molar-refractivity contribution is 7.26. The minimum Gasteiger partial charge on any atom is -0.452 e. The fraction of sp³-hybridized carbons (Fsp3) is 0. The monoisotopic (exact) mass is 773 g/mol. The number of nitrogens with zero attached hydrogens (tertiary/aromatic N) is 3. The van der Waals surface area contributed by atoms with Crippen molar-refractivity contribution in [2.75, 3.05) is 0 Å². The van der Waals surface area contributed by atoms with Gasteiger partial charge in [0.25, 0.3) is 0 Å². The molecule has 0 aliphatic carbocycles. The number of hydrogen-bond donors (Lipinski definition) is 0. The summed E-state index contributed by atoms with van der Waals surface area (Å²) >= 11 is 3.71. The van der Waals surface area contributed by atoms with E-state index in [4.69, 9.17) is 14.4 Å². The van der Waals surface area contributed by atoms with E-state index in [2.05, 4.69) is 150 Å². The van der Waals surface area contributed by atoms with E-state index in [0.29, 0.717) is 11.4 Å². The maximum Gasteiger partial charge on any atom is 0.180 e. The van der Waals surface area contributed by atoms with Gasteiger partial charge in [0, 0.05) is 73.3 Å². The average Bonchev–Trinajstić information content (AvgIpc) is 3.92. The molecule has 9 aromatic carbocycles. The van der Waals surface area contributed by atoms with Gasteiger partial charge in [-0.1, -0.05) is 91.0 Å². The van der Waals surface area contributed by atoms with Crippen molar-refractivity contribution in [1.82, 2.24) is 14.5 Å². The van der Waals surface area contributed by atoms with Gasteiger partial charge in [0.1, 0.15) is 16.8 Å². The van der Waals surface area contributed by atoms with Gasteiger partial charge in [0.2, 0.25) is 0 Å². The predicted molar refractivity (Wildman–Crippen MR) is 246 cm³/mol. The second-order valence-corrected chi connectivity index (χ2v) is 17.5. The Balaban J connectivity index is 0.963. The van der Waals surface area contributed by atoms with E-state index in [-0.39, 0.29) is 0 Å². The summed E-state index contributed by atoms with van der Waals surface area (Å²) in [7, 11) is 0. The zero-order valence-corrected chi connectivity index (χ0v) is 32.3. The zero-order chi connectivity index (χ0) is 37.6. The first-order chi connectivity index (χ1) is 28.7. The Labute approximate surface area is 337 Å². The molecule has 0 saturated carbocycles. The van der Waals surface area contributed by atoms with Crippen LogP contribution in [0.4, 0.5) is 0 Å². The van der Waals surface area contributed by atoms with E-state index < -0.39 is 0 Å². The molecule has 0 spiro atoms. The van der Waals surface area contributed by atoms with Crippen molar-refractivity contribution in [3.05, 3.63) is 164 Å². The summed E-state index contributed by atoms with van der Waals surface area (Å²) in [5.74, 6) is 0.676. The van der Waals surface area contributed by atoms with Crippen LogP contribution in [0, 0.1) is 0 Å². The molecular formula is C52H27N3OS2. The molecule has 4 nitrogen and oxygen atoms in total. The van der Waals surface area contributed by atoms with Crippen molar-refractivity contribution >= 4 is 128 Å². The zero-order valence-electron chi connectivity index (χ0n) is 30.7. The van der Waals surface area contributed by atoms with Gasteiger partial charge >= 0.3 is 0 Å². The molecule has 0 fully saturated rings. The highest BCUT2D eigenvalue weighted by Gasteiger charge is 2.22. The van der Waals surface area contributed by atoms with Gasteiger partial charge in [-0.3, -0.25) is 0 Å². The number of benzene rings is 9. The Bertz CT molecular complexity index is 3950. The lowest BCUT2D eigenvalue weighted by molar-refractivity contribution is 0.667. The van der Waals surface area contributed by atoms with Gasteiger partial charge in [0.15, 0.2) is 11.4 Å². The third kappa shape index (κ3) is 4.17. The number of para-hydroxylation sites is 1. The van der Waals surface area contributed by atoms with Crippen LogP contribution < -0.4 is 0 Å². The van der Waals surface area contributed by atoms with Crippen molar-refractivity contribution in [2.45, 2.75) is 0 Å². The van der Waals surface area contributed by atoms with Crippen molar-refractivity contribution in [1.29, 1.82) is 0 Å². The summed E-state index contributed by atoms with van der Waals surface area (Å²) < 4.78 is 14.1. The van der Waals surface area contributed by atoms with Crippen LogP contribution in [0.25, 0.3) is 134 Å². The summed E-state index contributed by atoms with van der Waals surface area (Å²) in [6.45, 7) is 0. The first-order valence-corrected chi connectivity index (χ1v) is 21.1. The fourth-order valence-electron chi connectivity index (χ4n) is 9.54. The number of aromatic nitrogens is 3. The number of hydrogen-bond acceptors (Lipinski definition) is 5. The van der Waals surface area contributed by atoms with Crippen molar-refractivity contribution in [3.8, 4) is 28.3 Å². The molecule has 0 amide bonds. The maximum atomic E-state index is 6.52. The molecule has 58 heavy (non-hydrogen) atoms. The maximum absolute atomic E-state index is 6.52. The lowest BCUT2D eigenvalue weighted by Crippen LogP contribution is -1.95. The Morgan fingerprint density at radius 3 is 1.88 bits per heavy atom. The van der Waals surface area contributed by atoms with Crippen molar-refractivity contribution in [3.63, 3.8) is 0 Å². The minimum atomic E-state index is 0.676. The third-order valence-electron chi connectivity index (χ3n) is 12.1. The highest BCUT2D eigenvalue weighted by atomic mass is 32.1. The summed E-state index contributed by atoms with van der Waals surface area (Å²) in [5.41, 5.74) is 8.71. The highest BCUT2D eigenvalue weighted by Crippen LogP contribution is 2.47. The molecule has 6 heteroatoms. The van der Waals surface area contributed by atoms with E-state index in [1.54, 1.807) is 0 Å². The van der Waals surface area contributed by atoms with E-state index in [0.717, 1.165) is 49.8 Å².